The molecule has 1 fully saturated rings. The van der Waals surface area contributed by atoms with Gasteiger partial charge in [-0.2, -0.15) is 4.37 Å². The molecule has 2 aromatic rings. The van der Waals surface area contributed by atoms with E-state index < -0.39 is 23.7 Å². The number of rotatable bonds is 12. The number of amides is 3. The summed E-state index contributed by atoms with van der Waals surface area (Å²) in [5.41, 5.74) is 6.22. The van der Waals surface area contributed by atoms with Crippen molar-refractivity contribution in [3.05, 3.63) is 40.7 Å². The molecule has 38 heavy (non-hydrogen) atoms. The normalized spacial score (nSPS) is 14.8. The van der Waals surface area contributed by atoms with Gasteiger partial charge < -0.3 is 16.4 Å². The molecule has 0 radical (unpaired) electrons. The second kappa shape index (κ2) is 14.2. The molecule has 8 nitrogen and oxygen atoms in total. The first-order chi connectivity index (χ1) is 18.2. The molecule has 0 bridgehead atoms. The van der Waals surface area contributed by atoms with E-state index in [1.807, 2.05) is 6.92 Å². The van der Waals surface area contributed by atoms with Crippen molar-refractivity contribution in [2.75, 3.05) is 17.2 Å². The molecule has 10 heteroatoms. The highest BCUT2D eigenvalue weighted by molar-refractivity contribution is 7.09. The molecule has 1 atom stereocenters. The van der Waals surface area contributed by atoms with Crippen LogP contribution in [-0.4, -0.2) is 40.7 Å². The van der Waals surface area contributed by atoms with Crippen molar-refractivity contribution >= 4 is 40.6 Å². The largest absolute Gasteiger partial charge is 0.395 e. The molecule has 0 spiro atoms. The summed E-state index contributed by atoms with van der Waals surface area (Å²) in [5, 5.41) is 5.90. The molecule has 208 valence electrons. The Hall–Kier alpha value is -3.01. The van der Waals surface area contributed by atoms with Crippen LogP contribution in [0.1, 0.15) is 98.7 Å². The summed E-state index contributed by atoms with van der Waals surface area (Å²) in [7, 11) is 0. The molecule has 0 aliphatic heterocycles. The van der Waals surface area contributed by atoms with Crippen LogP contribution in [0, 0.1) is 11.7 Å². The molecule has 3 rings (SSSR count). The van der Waals surface area contributed by atoms with Gasteiger partial charge >= 0.3 is 0 Å². The summed E-state index contributed by atoms with van der Waals surface area (Å²) < 4.78 is 19.3. The summed E-state index contributed by atoms with van der Waals surface area (Å²) >= 11 is 0.797. The van der Waals surface area contributed by atoms with Crippen molar-refractivity contribution < 1.29 is 18.8 Å². The van der Waals surface area contributed by atoms with Gasteiger partial charge in [0.05, 0.1) is 11.4 Å². The highest BCUT2D eigenvalue weighted by Crippen LogP contribution is 2.31. The number of para-hydroxylation sites is 1. The first-order valence-electron chi connectivity index (χ1n) is 13.7. The molecule has 1 saturated carbocycles. The van der Waals surface area contributed by atoms with E-state index in [2.05, 4.69) is 28.9 Å². The quantitative estimate of drug-likeness (QED) is 0.335. The topological polar surface area (TPSA) is 117 Å². The van der Waals surface area contributed by atoms with E-state index in [9.17, 15) is 14.4 Å². The number of nitrogens with two attached hydrogens (primary N) is 1. The zero-order valence-electron chi connectivity index (χ0n) is 22.6. The fourth-order valence-electron chi connectivity index (χ4n) is 4.67. The van der Waals surface area contributed by atoms with Gasteiger partial charge in [-0.15, -0.1) is 0 Å². The third kappa shape index (κ3) is 7.52. The molecule has 1 heterocycles. The van der Waals surface area contributed by atoms with Gasteiger partial charge in [-0.25, -0.2) is 4.39 Å². The maximum absolute atomic E-state index is 15.1. The van der Waals surface area contributed by atoms with Gasteiger partial charge in [-0.1, -0.05) is 65.0 Å². The number of benzene rings is 1. The van der Waals surface area contributed by atoms with Gasteiger partial charge in [0, 0.05) is 12.6 Å². The van der Waals surface area contributed by atoms with Gasteiger partial charge in [-0.3, -0.25) is 19.3 Å². The fourth-order valence-corrected chi connectivity index (χ4v) is 5.40. The molecular weight excluding hydrogens is 505 g/mol. The highest BCUT2D eigenvalue weighted by atomic mass is 32.1. The second-order valence-electron chi connectivity index (χ2n) is 10.3. The number of carbonyl (C=O) groups excluding carboxylic acids is 3. The van der Waals surface area contributed by atoms with Crippen LogP contribution >= 0.6 is 11.5 Å². The summed E-state index contributed by atoms with van der Waals surface area (Å²) in [4.78, 5) is 41.5. The SMILES string of the molecule is CCCCC(C(=O)NCCC(C)C)N(C(=O)c1snc(C(=O)NC2CCCCC2)c1N)c1ccccc1F. The first kappa shape index (κ1) is 29.5. The molecule has 0 saturated heterocycles. The number of nitrogens with one attached hydrogen (secondary N) is 2. The zero-order valence-corrected chi connectivity index (χ0v) is 23.4. The van der Waals surface area contributed by atoms with E-state index in [4.69, 9.17) is 5.73 Å². The number of halogens is 1. The number of aromatic nitrogens is 1. The number of anilines is 2. The Morgan fingerprint density at radius 1 is 1.16 bits per heavy atom. The van der Waals surface area contributed by atoms with E-state index in [0.29, 0.717) is 25.3 Å². The van der Waals surface area contributed by atoms with Gasteiger partial charge in [0.15, 0.2) is 5.69 Å². The van der Waals surface area contributed by atoms with Gasteiger partial charge in [-0.05, 0) is 55.3 Å². The van der Waals surface area contributed by atoms with E-state index in [-0.39, 0.29) is 33.9 Å². The smallest absolute Gasteiger partial charge is 0.273 e. The van der Waals surface area contributed by atoms with E-state index in [1.165, 1.54) is 23.1 Å². The number of hydrogen-bond donors (Lipinski definition) is 3. The van der Waals surface area contributed by atoms with Crippen molar-refractivity contribution in [1.29, 1.82) is 0 Å². The van der Waals surface area contributed by atoms with Crippen molar-refractivity contribution in [2.45, 2.75) is 90.6 Å². The van der Waals surface area contributed by atoms with Crippen molar-refractivity contribution in [1.82, 2.24) is 15.0 Å². The number of nitrogens with zero attached hydrogens (tertiary/aromatic N) is 2. The maximum Gasteiger partial charge on any atom is 0.273 e. The Balaban J connectivity index is 1.94. The first-order valence-corrected chi connectivity index (χ1v) is 14.4. The minimum Gasteiger partial charge on any atom is -0.395 e. The molecule has 3 amide bonds. The molecule has 1 aliphatic rings. The third-order valence-corrected chi connectivity index (χ3v) is 7.73. The van der Waals surface area contributed by atoms with Crippen molar-refractivity contribution in [3.8, 4) is 0 Å². The van der Waals surface area contributed by atoms with Gasteiger partial charge in [0.2, 0.25) is 5.91 Å². The number of unbranched alkanes of at least 4 members (excludes halogenated alkanes) is 1. The molecule has 1 aliphatic carbocycles. The van der Waals surface area contributed by atoms with Crippen molar-refractivity contribution in [3.63, 3.8) is 0 Å². The van der Waals surface area contributed by atoms with Gasteiger partial charge in [0.25, 0.3) is 11.8 Å². The van der Waals surface area contributed by atoms with E-state index in [0.717, 1.165) is 56.5 Å². The minimum atomic E-state index is -0.951. The second-order valence-corrected chi connectivity index (χ2v) is 11.1. The standard InChI is InChI=1S/C28H40FN5O3S/c1-4-5-14-22(26(35)31-17-16-18(2)3)34(21-15-10-9-13-20(21)29)28(37)25-23(30)24(33-38-25)27(36)32-19-11-7-6-8-12-19/h9-10,13,15,18-19,22H,4-8,11-12,14,16-17,30H2,1-3H3,(H,31,35)(H,32,36). The summed E-state index contributed by atoms with van der Waals surface area (Å²) in [5.74, 6) is -1.66. The van der Waals surface area contributed by atoms with Crippen LogP contribution < -0.4 is 21.3 Å². The minimum absolute atomic E-state index is 0.0103. The molecule has 4 N–H and O–H groups in total. The van der Waals surface area contributed by atoms with E-state index >= 15 is 4.39 Å². The molecule has 1 unspecified atom stereocenters. The van der Waals surface area contributed by atoms with Crippen molar-refractivity contribution in [2.24, 2.45) is 5.92 Å². The van der Waals surface area contributed by atoms with Crippen LogP contribution in [0.25, 0.3) is 0 Å². The van der Waals surface area contributed by atoms with E-state index in [1.54, 1.807) is 6.07 Å². The highest BCUT2D eigenvalue weighted by Gasteiger charge is 2.36. The lowest BCUT2D eigenvalue weighted by Crippen LogP contribution is -2.50. The fraction of sp³-hybridized carbons (Fsp3) is 0.571. The Bertz CT molecular complexity index is 1100. The molecule has 1 aromatic carbocycles. The Labute approximate surface area is 228 Å². The monoisotopic (exact) mass is 545 g/mol. The average Bonchev–Trinajstić information content (AvgIpc) is 3.28. The number of nitrogen functional groups attached to an aromatic ring is 1. The summed E-state index contributed by atoms with van der Waals surface area (Å²) in [6.45, 7) is 6.56. The van der Waals surface area contributed by atoms with Crippen LogP contribution in [-0.2, 0) is 4.79 Å². The number of carbonyl (C=O) groups is 3. The number of hydrogen-bond acceptors (Lipinski definition) is 6. The Morgan fingerprint density at radius 3 is 2.53 bits per heavy atom. The van der Waals surface area contributed by atoms with Crippen LogP contribution in [0.3, 0.4) is 0 Å². The van der Waals surface area contributed by atoms with Crippen LogP contribution in [0.15, 0.2) is 24.3 Å². The lowest BCUT2D eigenvalue weighted by atomic mass is 9.95. The summed E-state index contributed by atoms with van der Waals surface area (Å²) in [6.07, 6.45) is 7.63. The average molecular weight is 546 g/mol. The van der Waals surface area contributed by atoms with Gasteiger partial charge in [0.1, 0.15) is 16.7 Å². The molecule has 1 aromatic heterocycles. The predicted octanol–water partition coefficient (Wildman–Crippen LogP) is 5.29. The Morgan fingerprint density at radius 2 is 1.87 bits per heavy atom. The third-order valence-electron chi connectivity index (χ3n) is 6.87. The molecular formula is C28H40FN5O3S. The predicted molar refractivity (Wildman–Crippen MR) is 150 cm³/mol. The lowest BCUT2D eigenvalue weighted by molar-refractivity contribution is -0.122. The maximum atomic E-state index is 15.1. The zero-order chi connectivity index (χ0) is 27.7. The van der Waals surface area contributed by atoms with Crippen LogP contribution in [0.5, 0.6) is 0 Å². The summed E-state index contributed by atoms with van der Waals surface area (Å²) in [6, 6.07) is 4.97. The Kier molecular flexibility index (Phi) is 11.1. The lowest BCUT2D eigenvalue weighted by Gasteiger charge is -2.31. The van der Waals surface area contributed by atoms with Crippen LogP contribution in [0.4, 0.5) is 15.8 Å². The van der Waals surface area contributed by atoms with Crippen LogP contribution in [0.2, 0.25) is 0 Å².